The van der Waals surface area contributed by atoms with Crippen molar-refractivity contribution in [3.63, 3.8) is 0 Å². The number of carbonyl (C=O) groups is 2. The molecule has 0 saturated carbocycles. The van der Waals surface area contributed by atoms with Crippen molar-refractivity contribution in [1.29, 1.82) is 0 Å². The molecule has 2 amide bonds. The summed E-state index contributed by atoms with van der Waals surface area (Å²) in [5.41, 5.74) is 0.670. The number of aryl methyl sites for hydroxylation is 1. The summed E-state index contributed by atoms with van der Waals surface area (Å²) < 4.78 is 34.0. The minimum atomic E-state index is -4.50. The Bertz CT molecular complexity index is 1550. The first-order valence-electron chi connectivity index (χ1n) is 13.1. The molecule has 0 fully saturated rings. The van der Waals surface area contributed by atoms with E-state index in [-0.39, 0.29) is 28.4 Å². The van der Waals surface area contributed by atoms with Gasteiger partial charge in [0.2, 0.25) is 11.8 Å². The fourth-order valence-corrected chi connectivity index (χ4v) is 5.81. The normalized spacial score (nSPS) is 11.8. The number of halogens is 1. The number of methoxy groups -OCH3 is 1. The molecule has 0 heterocycles. The minimum Gasteiger partial charge on any atom is -0.497 e. The van der Waals surface area contributed by atoms with Crippen molar-refractivity contribution in [3.8, 4) is 5.75 Å². The predicted molar refractivity (Wildman–Crippen MR) is 160 cm³/mol. The zero-order valence-corrected chi connectivity index (χ0v) is 25.3. The van der Waals surface area contributed by atoms with Crippen LogP contribution in [0.4, 0.5) is 11.4 Å². The number of nitrogens with zero attached hydrogens (tertiary/aromatic N) is 3. The van der Waals surface area contributed by atoms with Crippen LogP contribution < -0.4 is 14.4 Å². The number of sulfonamides is 1. The van der Waals surface area contributed by atoms with E-state index in [0.29, 0.717) is 29.3 Å². The summed E-state index contributed by atoms with van der Waals surface area (Å²) in [4.78, 5) is 38.7. The maximum atomic E-state index is 14.0. The Kier molecular flexibility index (Phi) is 10.9. The smallest absolute Gasteiger partial charge is 0.273 e. The molecule has 0 aromatic heterocycles. The zero-order valence-electron chi connectivity index (χ0n) is 23.7. The summed E-state index contributed by atoms with van der Waals surface area (Å²) in [5.74, 6) is -0.618. The van der Waals surface area contributed by atoms with Gasteiger partial charge in [-0.1, -0.05) is 36.7 Å². The van der Waals surface area contributed by atoms with E-state index in [1.807, 2.05) is 6.92 Å². The lowest BCUT2D eigenvalue weighted by Gasteiger charge is -2.32. The van der Waals surface area contributed by atoms with E-state index >= 15 is 0 Å². The highest BCUT2D eigenvalue weighted by Crippen LogP contribution is 2.29. The van der Waals surface area contributed by atoms with Crippen molar-refractivity contribution in [1.82, 2.24) is 10.2 Å². The fourth-order valence-electron chi connectivity index (χ4n) is 4.16. The van der Waals surface area contributed by atoms with Crippen molar-refractivity contribution < 1.29 is 27.7 Å². The molecule has 3 rings (SSSR count). The van der Waals surface area contributed by atoms with Crippen molar-refractivity contribution in [3.05, 3.63) is 93.0 Å². The Labute approximate surface area is 250 Å². The van der Waals surface area contributed by atoms with Crippen molar-refractivity contribution in [2.24, 2.45) is 0 Å². The highest BCUT2D eigenvalue weighted by molar-refractivity contribution is 7.92. The number of nitro benzene ring substituents is 1. The lowest BCUT2D eigenvalue weighted by atomic mass is 10.1. The van der Waals surface area contributed by atoms with Crippen LogP contribution in [-0.2, 0) is 26.2 Å². The van der Waals surface area contributed by atoms with Gasteiger partial charge < -0.3 is 15.0 Å². The number of benzene rings is 3. The maximum absolute atomic E-state index is 14.0. The van der Waals surface area contributed by atoms with E-state index in [1.54, 1.807) is 31.2 Å². The summed E-state index contributed by atoms with van der Waals surface area (Å²) >= 11 is 6.15. The van der Waals surface area contributed by atoms with Gasteiger partial charge in [0.25, 0.3) is 15.7 Å². The molecule has 0 spiro atoms. The molecular weight excluding hydrogens is 584 g/mol. The number of rotatable bonds is 13. The van der Waals surface area contributed by atoms with E-state index in [9.17, 15) is 28.1 Å². The first-order valence-corrected chi connectivity index (χ1v) is 14.9. The monoisotopic (exact) mass is 616 g/mol. The number of nitro groups is 1. The standard InChI is InChI=1S/C29H33ClN4O7S/c1-5-15-31-29(36)21(3)32(18-22-7-6-8-23(30)16-22)28(35)19-33(24-10-12-25(41-4)13-11-24)42(39,40)26-14-9-20(2)27(17-26)34(37)38/h6-14,16-17,21H,5,15,18-19H2,1-4H3,(H,31,36). The summed E-state index contributed by atoms with van der Waals surface area (Å²) in [7, 11) is -3.04. The third-order valence-electron chi connectivity index (χ3n) is 6.56. The molecule has 0 bridgehead atoms. The molecule has 1 atom stereocenters. The molecule has 3 aromatic rings. The second kappa shape index (κ2) is 14.1. The van der Waals surface area contributed by atoms with Gasteiger partial charge in [0.05, 0.1) is 22.6 Å². The van der Waals surface area contributed by atoms with Gasteiger partial charge in [-0.3, -0.25) is 24.0 Å². The van der Waals surface area contributed by atoms with Crippen LogP contribution >= 0.6 is 11.6 Å². The Hall–Kier alpha value is -4.16. The first-order chi connectivity index (χ1) is 19.9. The molecule has 0 aliphatic rings. The minimum absolute atomic E-state index is 0.0212. The Balaban J connectivity index is 2.08. The number of hydrogen-bond donors (Lipinski definition) is 1. The number of carbonyl (C=O) groups excluding carboxylic acids is 2. The van der Waals surface area contributed by atoms with Crippen LogP contribution in [0.1, 0.15) is 31.4 Å². The van der Waals surface area contributed by atoms with Crippen molar-refractivity contribution in [2.45, 2.75) is 44.7 Å². The van der Waals surface area contributed by atoms with Crippen LogP contribution in [0, 0.1) is 17.0 Å². The molecule has 1 N–H and O–H groups in total. The van der Waals surface area contributed by atoms with Gasteiger partial charge in [-0.05, 0) is 68.3 Å². The number of nitrogens with one attached hydrogen (secondary N) is 1. The summed E-state index contributed by atoms with van der Waals surface area (Å²) in [6.07, 6.45) is 0.687. The van der Waals surface area contributed by atoms with E-state index in [4.69, 9.17) is 16.3 Å². The predicted octanol–water partition coefficient (Wildman–Crippen LogP) is 4.70. The van der Waals surface area contributed by atoms with Crippen molar-refractivity contribution in [2.75, 3.05) is 24.5 Å². The Morgan fingerprint density at radius 1 is 1.10 bits per heavy atom. The average Bonchev–Trinajstić information content (AvgIpc) is 2.96. The number of ether oxygens (including phenoxy) is 1. The highest BCUT2D eigenvalue weighted by atomic mass is 35.5. The maximum Gasteiger partial charge on any atom is 0.273 e. The van der Waals surface area contributed by atoms with Crippen LogP contribution in [0.25, 0.3) is 0 Å². The van der Waals surface area contributed by atoms with Crippen LogP contribution in [0.3, 0.4) is 0 Å². The quantitative estimate of drug-likeness (QED) is 0.217. The second-order valence-corrected chi connectivity index (χ2v) is 11.8. The molecule has 3 aromatic carbocycles. The second-order valence-electron chi connectivity index (χ2n) is 9.53. The molecule has 0 saturated heterocycles. The number of hydrogen-bond acceptors (Lipinski definition) is 7. The number of anilines is 1. The Morgan fingerprint density at radius 2 is 1.79 bits per heavy atom. The van der Waals surface area contributed by atoms with Gasteiger partial charge in [-0.15, -0.1) is 0 Å². The molecule has 0 radical (unpaired) electrons. The third kappa shape index (κ3) is 7.77. The van der Waals surface area contributed by atoms with E-state index < -0.39 is 39.3 Å². The molecule has 11 nitrogen and oxygen atoms in total. The SMILES string of the molecule is CCCNC(=O)C(C)N(Cc1cccc(Cl)c1)C(=O)CN(c1ccc(OC)cc1)S(=O)(=O)c1ccc(C)c([N+](=O)[O-])c1. The van der Waals surface area contributed by atoms with Gasteiger partial charge in [-0.2, -0.15) is 0 Å². The van der Waals surface area contributed by atoms with Gasteiger partial charge in [-0.25, -0.2) is 8.42 Å². The third-order valence-corrected chi connectivity index (χ3v) is 8.57. The molecule has 0 aliphatic carbocycles. The molecular formula is C29H33ClN4O7S. The highest BCUT2D eigenvalue weighted by Gasteiger charge is 2.33. The molecule has 1 unspecified atom stereocenters. The summed E-state index contributed by atoms with van der Waals surface area (Å²) in [6.45, 7) is 4.64. The summed E-state index contributed by atoms with van der Waals surface area (Å²) in [6, 6.07) is 15.4. The molecule has 13 heteroatoms. The largest absolute Gasteiger partial charge is 0.497 e. The number of amides is 2. The van der Waals surface area contributed by atoms with E-state index in [0.717, 1.165) is 10.4 Å². The van der Waals surface area contributed by atoms with Gasteiger partial charge >= 0.3 is 0 Å². The zero-order chi connectivity index (χ0) is 31.0. The van der Waals surface area contributed by atoms with E-state index in [1.165, 1.54) is 55.3 Å². The van der Waals surface area contributed by atoms with Gasteiger partial charge in [0, 0.05) is 29.7 Å². The van der Waals surface area contributed by atoms with Crippen LogP contribution in [0.5, 0.6) is 5.75 Å². The summed E-state index contributed by atoms with van der Waals surface area (Å²) in [5, 5.41) is 14.8. The molecule has 0 aliphatic heterocycles. The first kappa shape index (κ1) is 32.4. The molecule has 224 valence electrons. The van der Waals surface area contributed by atoms with Gasteiger partial charge in [0.15, 0.2) is 0 Å². The molecule has 42 heavy (non-hydrogen) atoms. The average molecular weight is 617 g/mol. The van der Waals surface area contributed by atoms with Gasteiger partial charge in [0.1, 0.15) is 18.3 Å². The Morgan fingerprint density at radius 3 is 2.38 bits per heavy atom. The topological polar surface area (TPSA) is 139 Å². The van der Waals surface area contributed by atoms with E-state index in [2.05, 4.69) is 5.32 Å². The fraction of sp³-hybridized carbons (Fsp3) is 0.310. The van der Waals surface area contributed by atoms with Crippen LogP contribution in [-0.4, -0.2) is 56.3 Å². The van der Waals surface area contributed by atoms with Crippen LogP contribution in [0.15, 0.2) is 71.6 Å². The lowest BCUT2D eigenvalue weighted by molar-refractivity contribution is -0.385. The van der Waals surface area contributed by atoms with Crippen LogP contribution in [0.2, 0.25) is 5.02 Å². The van der Waals surface area contributed by atoms with Crippen molar-refractivity contribution >= 4 is 44.8 Å². The lowest BCUT2D eigenvalue weighted by Crippen LogP contribution is -2.51.